The Morgan fingerprint density at radius 1 is 1.10 bits per heavy atom. The van der Waals surface area contributed by atoms with Crippen LogP contribution in [0.25, 0.3) is 5.69 Å². The quantitative estimate of drug-likeness (QED) is 0.634. The third-order valence-electron chi connectivity index (χ3n) is 4.76. The summed E-state index contributed by atoms with van der Waals surface area (Å²) in [5.74, 6) is -0.359. The zero-order chi connectivity index (χ0) is 23.0. The number of alkyl halides is 3. The van der Waals surface area contributed by atoms with Crippen molar-refractivity contribution >= 4 is 21.4 Å². The fraction of sp³-hybridized carbons (Fsp3) is 0.238. The Bertz CT molecular complexity index is 1230. The van der Waals surface area contributed by atoms with Crippen LogP contribution in [-0.2, 0) is 27.2 Å². The smallest absolute Gasteiger partial charge is 0.326 e. The average Bonchev–Trinajstić information content (AvgIpc) is 2.95. The zero-order valence-electron chi connectivity index (χ0n) is 17.0. The number of anilines is 1. The number of nitrogens with one attached hydrogen (secondary N) is 1. The van der Waals surface area contributed by atoms with Crippen molar-refractivity contribution in [3.05, 3.63) is 71.0 Å². The number of nitrogens with zero attached hydrogens (tertiary/aromatic N) is 2. The highest BCUT2D eigenvalue weighted by Crippen LogP contribution is 2.31. The Balaban J connectivity index is 1.80. The van der Waals surface area contributed by atoms with Gasteiger partial charge in [-0.2, -0.15) is 18.3 Å². The van der Waals surface area contributed by atoms with Crippen LogP contribution in [0.4, 0.5) is 18.9 Å². The summed E-state index contributed by atoms with van der Waals surface area (Å²) >= 11 is 0. The Labute approximate surface area is 177 Å². The van der Waals surface area contributed by atoms with Crippen LogP contribution in [0, 0.1) is 13.8 Å². The largest absolute Gasteiger partial charge is 0.416 e. The molecule has 10 heteroatoms. The Morgan fingerprint density at radius 2 is 1.74 bits per heavy atom. The number of benzene rings is 2. The molecule has 0 bridgehead atoms. The van der Waals surface area contributed by atoms with Crippen molar-refractivity contribution < 1.29 is 26.4 Å². The Morgan fingerprint density at radius 3 is 2.32 bits per heavy atom. The van der Waals surface area contributed by atoms with Crippen molar-refractivity contribution in [1.82, 2.24) is 9.78 Å². The van der Waals surface area contributed by atoms with Crippen molar-refractivity contribution in [3.8, 4) is 5.69 Å². The molecule has 3 aromatic rings. The maximum atomic E-state index is 13.0. The van der Waals surface area contributed by atoms with E-state index in [9.17, 15) is 26.4 Å². The topological polar surface area (TPSA) is 81.1 Å². The molecule has 1 heterocycles. The molecule has 2 aromatic carbocycles. The molecule has 0 saturated heterocycles. The molecule has 0 radical (unpaired) electrons. The van der Waals surface area contributed by atoms with Crippen LogP contribution >= 0.6 is 0 Å². The monoisotopic (exact) mass is 451 g/mol. The van der Waals surface area contributed by atoms with Crippen LogP contribution in [0.1, 0.15) is 22.5 Å². The molecular formula is C21H20F3N3O3S. The van der Waals surface area contributed by atoms with Gasteiger partial charge >= 0.3 is 6.18 Å². The summed E-state index contributed by atoms with van der Waals surface area (Å²) in [6, 6.07) is 10.6. The summed E-state index contributed by atoms with van der Waals surface area (Å²) in [5.41, 5.74) is 1.57. The minimum Gasteiger partial charge on any atom is -0.326 e. The third-order valence-corrected chi connectivity index (χ3v) is 5.89. The maximum Gasteiger partial charge on any atom is 0.416 e. The fourth-order valence-corrected chi connectivity index (χ4v) is 3.78. The van der Waals surface area contributed by atoms with Crippen LogP contribution in [0.5, 0.6) is 0 Å². The van der Waals surface area contributed by atoms with E-state index in [1.807, 2.05) is 0 Å². The molecule has 0 aliphatic rings. The first-order valence-electron chi connectivity index (χ1n) is 9.19. The van der Waals surface area contributed by atoms with E-state index in [-0.39, 0.29) is 22.9 Å². The second-order valence-electron chi connectivity index (χ2n) is 7.13. The van der Waals surface area contributed by atoms with Gasteiger partial charge in [0.1, 0.15) is 0 Å². The predicted molar refractivity (Wildman–Crippen MR) is 110 cm³/mol. The molecule has 1 N–H and O–H groups in total. The van der Waals surface area contributed by atoms with E-state index in [0.29, 0.717) is 22.6 Å². The van der Waals surface area contributed by atoms with E-state index in [4.69, 9.17) is 0 Å². The van der Waals surface area contributed by atoms with Gasteiger partial charge in [-0.3, -0.25) is 4.79 Å². The van der Waals surface area contributed by atoms with E-state index in [1.54, 1.807) is 13.8 Å². The molecule has 1 aromatic heterocycles. The van der Waals surface area contributed by atoms with E-state index < -0.39 is 21.6 Å². The van der Waals surface area contributed by atoms with Gasteiger partial charge in [0.2, 0.25) is 5.91 Å². The molecule has 31 heavy (non-hydrogen) atoms. The Hall–Kier alpha value is -3.14. The number of hydrogen-bond acceptors (Lipinski definition) is 4. The van der Waals surface area contributed by atoms with E-state index in [0.717, 1.165) is 18.4 Å². The molecule has 0 spiro atoms. The fourth-order valence-electron chi connectivity index (χ4n) is 3.15. The lowest BCUT2D eigenvalue weighted by Crippen LogP contribution is -2.15. The summed E-state index contributed by atoms with van der Waals surface area (Å²) in [7, 11) is -3.34. The number of hydrogen-bond donors (Lipinski definition) is 1. The molecule has 164 valence electrons. The number of aromatic nitrogens is 2. The molecule has 0 aliphatic heterocycles. The second kappa shape index (κ2) is 8.18. The molecule has 0 atom stereocenters. The highest BCUT2D eigenvalue weighted by atomic mass is 32.2. The van der Waals surface area contributed by atoms with Gasteiger partial charge in [0.15, 0.2) is 9.84 Å². The van der Waals surface area contributed by atoms with Gasteiger partial charge in [0.05, 0.1) is 28.3 Å². The van der Waals surface area contributed by atoms with E-state index in [1.165, 1.54) is 41.1 Å². The number of halogens is 3. The number of carbonyl (C=O) groups is 1. The number of carbonyl (C=O) groups excluding carboxylic acids is 1. The van der Waals surface area contributed by atoms with Gasteiger partial charge in [0.25, 0.3) is 0 Å². The maximum absolute atomic E-state index is 13.0. The van der Waals surface area contributed by atoms with Gasteiger partial charge in [-0.25, -0.2) is 13.1 Å². The first-order valence-corrected chi connectivity index (χ1v) is 11.1. The Kier molecular flexibility index (Phi) is 5.95. The third kappa shape index (κ3) is 5.13. The summed E-state index contributed by atoms with van der Waals surface area (Å²) in [6.07, 6.45) is -3.42. The molecule has 0 unspecified atom stereocenters. The lowest BCUT2D eigenvalue weighted by molar-refractivity contribution is -0.137. The molecule has 3 rings (SSSR count). The van der Waals surface area contributed by atoms with E-state index in [2.05, 4.69) is 10.4 Å². The van der Waals surface area contributed by atoms with Crippen molar-refractivity contribution in [1.29, 1.82) is 0 Å². The van der Waals surface area contributed by atoms with Gasteiger partial charge in [-0.15, -0.1) is 0 Å². The molecule has 0 fully saturated rings. The number of amides is 1. The molecule has 6 nitrogen and oxygen atoms in total. The van der Waals surface area contributed by atoms with E-state index >= 15 is 0 Å². The average molecular weight is 451 g/mol. The SMILES string of the molecule is Cc1nn(-c2cccc(C(F)(F)F)c2)c(C)c1CC(=O)Nc1ccc(S(C)(=O)=O)cc1. The van der Waals surface area contributed by atoms with Gasteiger partial charge in [0, 0.05) is 23.2 Å². The summed E-state index contributed by atoms with van der Waals surface area (Å²) < 4.78 is 63.5. The highest BCUT2D eigenvalue weighted by Gasteiger charge is 2.30. The van der Waals surface area contributed by atoms with Crippen molar-refractivity contribution in [3.63, 3.8) is 0 Å². The van der Waals surface area contributed by atoms with Crippen LogP contribution in [-0.4, -0.2) is 30.4 Å². The molecular weight excluding hydrogens is 431 g/mol. The van der Waals surface area contributed by atoms with Gasteiger partial charge in [-0.05, 0) is 56.3 Å². The predicted octanol–water partition coefficient (Wildman–Crippen LogP) is 4.09. The standard InChI is InChI=1S/C21H20F3N3O3S/c1-13-19(12-20(28)25-16-7-9-18(10-8-16)31(3,29)30)14(2)27(26-13)17-6-4-5-15(11-17)21(22,23)24/h4-11H,12H2,1-3H3,(H,25,28). The number of rotatable bonds is 5. The molecule has 0 saturated carbocycles. The highest BCUT2D eigenvalue weighted by molar-refractivity contribution is 7.90. The van der Waals surface area contributed by atoms with Crippen LogP contribution in [0.2, 0.25) is 0 Å². The second-order valence-corrected chi connectivity index (χ2v) is 9.15. The van der Waals surface area contributed by atoms with Gasteiger partial charge < -0.3 is 5.32 Å². The van der Waals surface area contributed by atoms with Crippen LogP contribution in [0.3, 0.4) is 0 Å². The minimum absolute atomic E-state index is 0.0372. The normalized spacial score (nSPS) is 12.1. The van der Waals surface area contributed by atoms with Crippen LogP contribution in [0.15, 0.2) is 53.4 Å². The van der Waals surface area contributed by atoms with Crippen molar-refractivity contribution in [2.45, 2.75) is 31.3 Å². The molecule has 0 aliphatic carbocycles. The number of aryl methyl sites for hydroxylation is 1. The molecule has 1 amide bonds. The lowest BCUT2D eigenvalue weighted by Gasteiger charge is -2.10. The van der Waals surface area contributed by atoms with Crippen molar-refractivity contribution in [2.75, 3.05) is 11.6 Å². The summed E-state index contributed by atoms with van der Waals surface area (Å²) in [4.78, 5) is 12.6. The van der Waals surface area contributed by atoms with Crippen molar-refractivity contribution in [2.24, 2.45) is 0 Å². The summed E-state index contributed by atoms with van der Waals surface area (Å²) in [6.45, 7) is 3.37. The van der Waals surface area contributed by atoms with Gasteiger partial charge in [-0.1, -0.05) is 6.07 Å². The number of sulfone groups is 1. The van der Waals surface area contributed by atoms with Crippen LogP contribution < -0.4 is 5.32 Å². The summed E-state index contributed by atoms with van der Waals surface area (Å²) in [5, 5.41) is 6.99. The zero-order valence-corrected chi connectivity index (χ0v) is 17.8. The first-order chi connectivity index (χ1) is 14.4. The lowest BCUT2D eigenvalue weighted by atomic mass is 10.1. The first kappa shape index (κ1) is 22.5. The minimum atomic E-state index is -4.47.